The molecule has 1 aliphatic rings. The van der Waals surface area contributed by atoms with Gasteiger partial charge in [0, 0.05) is 19.3 Å². The topological polar surface area (TPSA) is 71.8 Å². The summed E-state index contributed by atoms with van der Waals surface area (Å²) in [4.78, 5) is 18.6. The van der Waals surface area contributed by atoms with Crippen molar-refractivity contribution in [3.8, 4) is 0 Å². The molecule has 124 valence electrons. The molecule has 0 aliphatic carbocycles. The van der Waals surface area contributed by atoms with E-state index in [1.54, 1.807) is 10.7 Å². The highest BCUT2D eigenvalue weighted by molar-refractivity contribution is 9.10. The van der Waals surface area contributed by atoms with Crippen LogP contribution >= 0.6 is 15.9 Å². The second kappa shape index (κ2) is 5.99. The summed E-state index contributed by atoms with van der Waals surface area (Å²) < 4.78 is 7.89. The smallest absolute Gasteiger partial charge is 0.407 e. The van der Waals surface area contributed by atoms with Crippen LogP contribution in [0.1, 0.15) is 27.2 Å². The zero-order chi connectivity index (χ0) is 16.6. The molecule has 0 radical (unpaired) electrons. The molecule has 1 N–H and O–H groups in total. The summed E-state index contributed by atoms with van der Waals surface area (Å²) >= 11 is 3.44. The first kappa shape index (κ1) is 16.0. The molecule has 2 aromatic heterocycles. The zero-order valence-corrected chi connectivity index (χ0v) is 15.0. The molecule has 0 bridgehead atoms. The number of halogens is 1. The Kier molecular flexibility index (Phi) is 4.18. The van der Waals surface area contributed by atoms with E-state index in [1.165, 1.54) is 0 Å². The Bertz CT molecular complexity index is 724. The average molecular weight is 382 g/mol. The van der Waals surface area contributed by atoms with Gasteiger partial charge in [0.15, 0.2) is 5.65 Å². The third-order valence-electron chi connectivity index (χ3n) is 3.54. The third-order valence-corrected chi connectivity index (χ3v) is 4.10. The lowest BCUT2D eigenvalue weighted by Gasteiger charge is -2.22. The van der Waals surface area contributed by atoms with Crippen LogP contribution in [0.4, 0.5) is 10.6 Å². The van der Waals surface area contributed by atoms with Gasteiger partial charge in [0.2, 0.25) is 0 Å². The SMILES string of the molecule is CC(C)(C)OC(=O)N[C@@H]1CCN(c2ccn3ncc(Br)c3n2)C1. The summed E-state index contributed by atoms with van der Waals surface area (Å²) in [6.07, 6.45) is 4.11. The highest BCUT2D eigenvalue weighted by Crippen LogP contribution is 2.22. The first-order valence-electron chi connectivity index (χ1n) is 7.56. The highest BCUT2D eigenvalue weighted by atomic mass is 79.9. The van der Waals surface area contributed by atoms with E-state index < -0.39 is 5.60 Å². The van der Waals surface area contributed by atoms with Crippen LogP contribution in [0.25, 0.3) is 5.65 Å². The number of nitrogens with zero attached hydrogens (tertiary/aromatic N) is 4. The summed E-state index contributed by atoms with van der Waals surface area (Å²) in [6, 6.07) is 2.00. The van der Waals surface area contributed by atoms with Crippen molar-refractivity contribution in [3.63, 3.8) is 0 Å². The van der Waals surface area contributed by atoms with E-state index in [9.17, 15) is 4.79 Å². The number of hydrogen-bond acceptors (Lipinski definition) is 5. The normalized spacial score (nSPS) is 18.4. The van der Waals surface area contributed by atoms with Gasteiger partial charge in [0.1, 0.15) is 11.4 Å². The Morgan fingerprint density at radius 3 is 3.00 bits per heavy atom. The summed E-state index contributed by atoms with van der Waals surface area (Å²) in [5.41, 5.74) is 0.300. The molecule has 8 heteroatoms. The zero-order valence-electron chi connectivity index (χ0n) is 13.4. The molecule has 7 nitrogen and oxygen atoms in total. The number of fused-ring (bicyclic) bond motifs is 1. The van der Waals surface area contributed by atoms with Gasteiger partial charge in [0.05, 0.1) is 16.7 Å². The number of carbonyl (C=O) groups excluding carboxylic acids is 1. The molecular formula is C15H20BrN5O2. The minimum atomic E-state index is -0.483. The van der Waals surface area contributed by atoms with Crippen LogP contribution in [0.3, 0.4) is 0 Å². The number of rotatable bonds is 2. The van der Waals surface area contributed by atoms with Crippen molar-refractivity contribution in [1.82, 2.24) is 19.9 Å². The Hall–Kier alpha value is -1.83. The van der Waals surface area contributed by atoms with E-state index >= 15 is 0 Å². The molecular weight excluding hydrogens is 362 g/mol. The summed E-state index contributed by atoms with van der Waals surface area (Å²) in [5.74, 6) is 0.882. The molecule has 0 unspecified atom stereocenters. The van der Waals surface area contributed by atoms with Crippen molar-refractivity contribution in [2.45, 2.75) is 38.8 Å². The lowest BCUT2D eigenvalue weighted by atomic mass is 10.2. The van der Waals surface area contributed by atoms with Crippen LogP contribution in [-0.2, 0) is 4.74 Å². The van der Waals surface area contributed by atoms with E-state index in [0.29, 0.717) is 6.54 Å². The number of ether oxygens (including phenoxy) is 1. The molecule has 1 fully saturated rings. The van der Waals surface area contributed by atoms with E-state index in [2.05, 4.69) is 36.2 Å². The van der Waals surface area contributed by atoms with Crippen molar-refractivity contribution >= 4 is 33.5 Å². The van der Waals surface area contributed by atoms with Gasteiger partial charge < -0.3 is 15.0 Å². The molecule has 1 aliphatic heterocycles. The van der Waals surface area contributed by atoms with Crippen LogP contribution in [0.2, 0.25) is 0 Å². The van der Waals surface area contributed by atoms with Crippen LogP contribution < -0.4 is 10.2 Å². The Morgan fingerprint density at radius 1 is 1.48 bits per heavy atom. The summed E-state index contributed by atoms with van der Waals surface area (Å²) in [6.45, 7) is 7.13. The van der Waals surface area contributed by atoms with Gasteiger partial charge in [-0.25, -0.2) is 14.3 Å². The van der Waals surface area contributed by atoms with Crippen molar-refractivity contribution < 1.29 is 9.53 Å². The predicted octanol–water partition coefficient (Wildman–Crippen LogP) is 2.60. The average Bonchev–Trinajstić information content (AvgIpc) is 3.04. The van der Waals surface area contributed by atoms with Crippen LogP contribution in [-0.4, -0.2) is 45.4 Å². The Balaban J connectivity index is 1.64. The van der Waals surface area contributed by atoms with Crippen molar-refractivity contribution in [2.75, 3.05) is 18.0 Å². The number of aromatic nitrogens is 3. The number of nitrogens with one attached hydrogen (secondary N) is 1. The lowest BCUT2D eigenvalue weighted by Crippen LogP contribution is -2.40. The first-order valence-corrected chi connectivity index (χ1v) is 8.35. The summed E-state index contributed by atoms with van der Waals surface area (Å²) in [7, 11) is 0. The van der Waals surface area contributed by atoms with Gasteiger partial charge in [-0.2, -0.15) is 5.10 Å². The maximum atomic E-state index is 11.9. The second-order valence-electron chi connectivity index (χ2n) is 6.62. The molecule has 1 saturated heterocycles. The number of carbonyl (C=O) groups is 1. The fourth-order valence-corrected chi connectivity index (χ4v) is 2.93. The molecule has 2 aromatic rings. The number of anilines is 1. The predicted molar refractivity (Wildman–Crippen MR) is 90.7 cm³/mol. The van der Waals surface area contributed by atoms with Crippen LogP contribution in [0, 0.1) is 0 Å². The highest BCUT2D eigenvalue weighted by Gasteiger charge is 2.27. The third kappa shape index (κ3) is 3.74. The Labute approximate surface area is 143 Å². The van der Waals surface area contributed by atoms with Crippen molar-refractivity contribution in [2.24, 2.45) is 0 Å². The quantitative estimate of drug-likeness (QED) is 0.865. The Morgan fingerprint density at radius 2 is 2.26 bits per heavy atom. The number of alkyl carbamates (subject to hydrolysis) is 1. The van der Waals surface area contributed by atoms with Gasteiger partial charge >= 0.3 is 6.09 Å². The maximum absolute atomic E-state index is 11.9. The molecule has 1 atom stereocenters. The maximum Gasteiger partial charge on any atom is 0.407 e. The van der Waals surface area contributed by atoms with E-state index in [0.717, 1.165) is 28.9 Å². The lowest BCUT2D eigenvalue weighted by molar-refractivity contribution is 0.0509. The molecule has 3 heterocycles. The van der Waals surface area contributed by atoms with Crippen molar-refractivity contribution in [3.05, 3.63) is 22.9 Å². The molecule has 3 rings (SSSR count). The van der Waals surface area contributed by atoms with Gasteiger partial charge in [0.25, 0.3) is 0 Å². The largest absolute Gasteiger partial charge is 0.444 e. The van der Waals surface area contributed by atoms with Crippen LogP contribution in [0.15, 0.2) is 22.9 Å². The van der Waals surface area contributed by atoms with E-state index in [4.69, 9.17) is 4.74 Å². The van der Waals surface area contributed by atoms with Gasteiger partial charge in [-0.05, 0) is 49.2 Å². The van der Waals surface area contributed by atoms with Gasteiger partial charge in [-0.1, -0.05) is 0 Å². The first-order chi connectivity index (χ1) is 10.8. The minimum Gasteiger partial charge on any atom is -0.444 e. The molecule has 23 heavy (non-hydrogen) atoms. The van der Waals surface area contributed by atoms with E-state index in [-0.39, 0.29) is 12.1 Å². The van der Waals surface area contributed by atoms with Crippen LogP contribution in [0.5, 0.6) is 0 Å². The van der Waals surface area contributed by atoms with E-state index in [1.807, 2.05) is 33.0 Å². The minimum absolute atomic E-state index is 0.0660. The monoisotopic (exact) mass is 381 g/mol. The number of amides is 1. The fraction of sp³-hybridized carbons (Fsp3) is 0.533. The number of hydrogen-bond donors (Lipinski definition) is 1. The standard InChI is InChI=1S/C15H20BrN5O2/c1-15(2,3)23-14(22)18-10-4-6-20(9-10)12-5-7-21-13(19-12)11(16)8-17-21/h5,7-8,10H,4,6,9H2,1-3H3,(H,18,22)/t10-/m1/s1. The van der Waals surface area contributed by atoms with Crippen molar-refractivity contribution in [1.29, 1.82) is 0 Å². The second-order valence-corrected chi connectivity index (χ2v) is 7.48. The molecule has 0 saturated carbocycles. The summed E-state index contributed by atoms with van der Waals surface area (Å²) in [5, 5.41) is 7.11. The molecule has 0 spiro atoms. The van der Waals surface area contributed by atoms with Gasteiger partial charge in [-0.15, -0.1) is 0 Å². The van der Waals surface area contributed by atoms with Gasteiger partial charge in [-0.3, -0.25) is 0 Å². The fourth-order valence-electron chi connectivity index (χ4n) is 2.57. The molecule has 1 amide bonds. The molecule has 0 aromatic carbocycles.